The zero-order chi connectivity index (χ0) is 26.5. The molecule has 3 rings (SSSR count). The average Bonchev–Trinajstić information content (AvgIpc) is 3.04. The second kappa shape index (κ2) is 11.6. The van der Waals surface area contributed by atoms with Gasteiger partial charge < -0.3 is 10.2 Å². The first-order valence-corrected chi connectivity index (χ1v) is 13.5. The van der Waals surface area contributed by atoms with Crippen LogP contribution in [0.5, 0.6) is 0 Å². The summed E-state index contributed by atoms with van der Waals surface area (Å²) in [5, 5.41) is 2.87. The van der Waals surface area contributed by atoms with Gasteiger partial charge >= 0.3 is 0 Å². The van der Waals surface area contributed by atoms with Crippen LogP contribution in [0.1, 0.15) is 56.0 Å². The van der Waals surface area contributed by atoms with Crippen LogP contribution in [-0.2, 0) is 26.2 Å². The minimum Gasteiger partial charge on any atom is -0.354 e. The highest BCUT2D eigenvalue weighted by Gasteiger charge is 2.40. The first-order chi connectivity index (χ1) is 17.1. The molecule has 0 bridgehead atoms. The Kier molecular flexibility index (Phi) is 8.84. The minimum absolute atomic E-state index is 0.0351. The maximum atomic E-state index is 13.4. The van der Waals surface area contributed by atoms with Crippen LogP contribution in [0.25, 0.3) is 0 Å². The summed E-state index contributed by atoms with van der Waals surface area (Å²) >= 11 is 0. The summed E-state index contributed by atoms with van der Waals surface area (Å²) in [7, 11) is -3.96. The summed E-state index contributed by atoms with van der Waals surface area (Å²) in [5.41, 5.74) is 0.780. The Bertz CT molecular complexity index is 1210. The maximum Gasteiger partial charge on any atom is 0.269 e. The Morgan fingerprint density at radius 2 is 1.75 bits per heavy atom. The molecule has 3 amide bonds. The minimum atomic E-state index is -3.96. The molecule has 2 aromatic rings. The highest BCUT2D eigenvalue weighted by atomic mass is 32.2. The van der Waals surface area contributed by atoms with Crippen molar-refractivity contribution >= 4 is 27.7 Å². The maximum absolute atomic E-state index is 13.4. The Morgan fingerprint density at radius 3 is 2.36 bits per heavy atom. The van der Waals surface area contributed by atoms with Gasteiger partial charge in [0.05, 0.1) is 5.56 Å². The van der Waals surface area contributed by atoms with Crippen molar-refractivity contribution in [1.29, 1.82) is 0 Å². The van der Waals surface area contributed by atoms with Crippen molar-refractivity contribution in [2.75, 3.05) is 13.1 Å². The SMILES string of the molecule is CC[C@H](C(=O)NCC(C)C)N(Cc1ccc(F)cc1)C(=O)CCCN1C(=O)c2ccccc2S1(=O)=O. The van der Waals surface area contributed by atoms with E-state index in [1.165, 1.54) is 29.2 Å². The number of nitrogens with zero attached hydrogens (tertiary/aromatic N) is 2. The molecule has 8 nitrogen and oxygen atoms in total. The van der Waals surface area contributed by atoms with E-state index in [0.717, 1.165) is 4.31 Å². The third-order valence-electron chi connectivity index (χ3n) is 6.00. The van der Waals surface area contributed by atoms with Crippen LogP contribution in [0.2, 0.25) is 0 Å². The van der Waals surface area contributed by atoms with E-state index < -0.39 is 27.8 Å². The molecule has 1 heterocycles. The van der Waals surface area contributed by atoms with Gasteiger partial charge in [-0.05, 0) is 48.6 Å². The van der Waals surface area contributed by atoms with Crippen molar-refractivity contribution in [3.63, 3.8) is 0 Å². The molecule has 0 radical (unpaired) electrons. The van der Waals surface area contributed by atoms with Gasteiger partial charge in [0.15, 0.2) is 0 Å². The molecule has 0 saturated heterocycles. The predicted octanol–water partition coefficient (Wildman–Crippen LogP) is 3.33. The topological polar surface area (TPSA) is 104 Å². The number of sulfonamides is 1. The van der Waals surface area contributed by atoms with Crippen LogP contribution in [0.4, 0.5) is 4.39 Å². The Morgan fingerprint density at radius 1 is 1.08 bits per heavy atom. The number of amides is 3. The van der Waals surface area contributed by atoms with E-state index in [-0.39, 0.29) is 54.1 Å². The second-order valence-corrected chi connectivity index (χ2v) is 11.0. The number of nitrogens with one attached hydrogen (secondary N) is 1. The van der Waals surface area contributed by atoms with Crippen LogP contribution in [0.15, 0.2) is 53.4 Å². The molecule has 1 aliphatic rings. The molecule has 0 aromatic heterocycles. The summed E-state index contributed by atoms with van der Waals surface area (Å²) < 4.78 is 39.7. The molecule has 0 aliphatic carbocycles. The zero-order valence-electron chi connectivity index (χ0n) is 20.7. The Labute approximate surface area is 211 Å². The summed E-state index contributed by atoms with van der Waals surface area (Å²) in [4.78, 5) is 40.3. The number of hydrogen-bond donors (Lipinski definition) is 1. The molecule has 0 fully saturated rings. The fourth-order valence-corrected chi connectivity index (χ4v) is 5.71. The van der Waals surface area contributed by atoms with Crippen LogP contribution in [0, 0.1) is 11.7 Å². The van der Waals surface area contributed by atoms with Crippen molar-refractivity contribution in [1.82, 2.24) is 14.5 Å². The number of carbonyl (C=O) groups is 3. The fraction of sp³-hybridized carbons (Fsp3) is 0.423. The normalized spacial score (nSPS) is 15.0. The van der Waals surface area contributed by atoms with E-state index in [0.29, 0.717) is 18.5 Å². The molecular weight excluding hydrogens is 485 g/mol. The van der Waals surface area contributed by atoms with E-state index >= 15 is 0 Å². The fourth-order valence-electron chi connectivity index (χ4n) is 4.10. The van der Waals surface area contributed by atoms with Gasteiger partial charge in [0.25, 0.3) is 15.9 Å². The van der Waals surface area contributed by atoms with Crippen molar-refractivity contribution in [3.05, 3.63) is 65.5 Å². The number of benzene rings is 2. The third-order valence-corrected chi connectivity index (χ3v) is 7.84. The van der Waals surface area contributed by atoms with E-state index in [4.69, 9.17) is 0 Å². The molecule has 1 aliphatic heterocycles. The lowest BCUT2D eigenvalue weighted by molar-refractivity contribution is -0.141. The van der Waals surface area contributed by atoms with Gasteiger partial charge in [-0.15, -0.1) is 0 Å². The summed E-state index contributed by atoms with van der Waals surface area (Å²) in [6, 6.07) is 11.0. The lowest BCUT2D eigenvalue weighted by atomic mass is 10.1. The monoisotopic (exact) mass is 517 g/mol. The molecule has 194 valence electrons. The second-order valence-electron chi connectivity index (χ2n) is 9.19. The van der Waals surface area contributed by atoms with E-state index in [2.05, 4.69) is 5.32 Å². The average molecular weight is 518 g/mol. The lowest BCUT2D eigenvalue weighted by Crippen LogP contribution is -2.49. The Hall–Kier alpha value is -3.27. The van der Waals surface area contributed by atoms with Gasteiger partial charge in [-0.2, -0.15) is 0 Å². The van der Waals surface area contributed by atoms with Crippen molar-refractivity contribution in [3.8, 4) is 0 Å². The molecule has 0 unspecified atom stereocenters. The van der Waals surface area contributed by atoms with E-state index in [1.807, 2.05) is 13.8 Å². The molecular formula is C26H32FN3O5S. The highest BCUT2D eigenvalue weighted by Crippen LogP contribution is 2.30. The predicted molar refractivity (Wildman–Crippen MR) is 133 cm³/mol. The quantitative estimate of drug-likeness (QED) is 0.493. The van der Waals surface area contributed by atoms with Crippen LogP contribution >= 0.6 is 0 Å². The van der Waals surface area contributed by atoms with Crippen molar-refractivity contribution < 1.29 is 27.2 Å². The first-order valence-electron chi connectivity index (χ1n) is 12.0. The van der Waals surface area contributed by atoms with Crippen molar-refractivity contribution in [2.24, 2.45) is 5.92 Å². The molecule has 36 heavy (non-hydrogen) atoms. The van der Waals surface area contributed by atoms with E-state index in [9.17, 15) is 27.2 Å². The van der Waals surface area contributed by atoms with Gasteiger partial charge in [-0.25, -0.2) is 17.1 Å². The smallest absolute Gasteiger partial charge is 0.269 e. The Balaban J connectivity index is 1.73. The van der Waals surface area contributed by atoms with Crippen molar-refractivity contribution in [2.45, 2.75) is 57.5 Å². The number of fused-ring (bicyclic) bond motifs is 1. The number of carbonyl (C=O) groups excluding carboxylic acids is 3. The van der Waals surface area contributed by atoms with Crippen LogP contribution < -0.4 is 5.32 Å². The van der Waals surface area contributed by atoms with Gasteiger partial charge in [0.1, 0.15) is 16.8 Å². The molecule has 1 N–H and O–H groups in total. The number of hydrogen-bond acceptors (Lipinski definition) is 5. The standard InChI is InChI=1S/C26H32FN3O5S/c1-4-22(25(32)28-16-18(2)3)29(17-19-11-13-20(27)14-12-19)24(31)10-7-15-30-26(33)21-8-5-6-9-23(21)36(30,34)35/h5-6,8-9,11-14,18,22H,4,7,10,15-17H2,1-3H3,(H,28,32)/t22-/m1/s1. The van der Waals surface area contributed by atoms with E-state index in [1.54, 1.807) is 31.2 Å². The molecule has 0 spiro atoms. The highest BCUT2D eigenvalue weighted by molar-refractivity contribution is 7.90. The lowest BCUT2D eigenvalue weighted by Gasteiger charge is -2.31. The summed E-state index contributed by atoms with van der Waals surface area (Å²) in [5.74, 6) is -1.42. The molecule has 1 atom stereocenters. The van der Waals surface area contributed by atoms with Crippen LogP contribution in [-0.4, -0.2) is 54.5 Å². The third kappa shape index (κ3) is 6.10. The van der Waals surface area contributed by atoms with Gasteiger partial charge in [-0.1, -0.05) is 45.0 Å². The van der Waals surface area contributed by atoms with Gasteiger partial charge in [-0.3, -0.25) is 14.4 Å². The summed E-state index contributed by atoms with van der Waals surface area (Å²) in [6.07, 6.45) is 0.401. The summed E-state index contributed by atoms with van der Waals surface area (Å²) in [6.45, 7) is 6.14. The van der Waals surface area contributed by atoms with Gasteiger partial charge in [0, 0.05) is 26.1 Å². The zero-order valence-corrected chi connectivity index (χ0v) is 21.6. The number of halogens is 1. The molecule has 2 aromatic carbocycles. The molecule has 10 heteroatoms. The first kappa shape index (κ1) is 27.3. The largest absolute Gasteiger partial charge is 0.354 e. The molecule has 0 saturated carbocycles. The number of rotatable bonds is 11. The van der Waals surface area contributed by atoms with Gasteiger partial charge in [0.2, 0.25) is 11.8 Å². The van der Waals surface area contributed by atoms with Crippen LogP contribution in [0.3, 0.4) is 0 Å².